The van der Waals surface area contributed by atoms with Gasteiger partial charge in [-0.2, -0.15) is 0 Å². The van der Waals surface area contributed by atoms with Crippen molar-refractivity contribution in [1.82, 2.24) is 5.32 Å². The van der Waals surface area contributed by atoms with Crippen molar-refractivity contribution in [2.45, 2.75) is 19.2 Å². The van der Waals surface area contributed by atoms with E-state index in [9.17, 15) is 4.79 Å². The van der Waals surface area contributed by atoms with E-state index in [1.165, 1.54) is 4.88 Å². The van der Waals surface area contributed by atoms with Crippen molar-refractivity contribution in [3.8, 4) is 0 Å². The Balaban J connectivity index is 2.05. The average Bonchev–Trinajstić information content (AvgIpc) is 2.94. The van der Waals surface area contributed by atoms with Crippen LogP contribution in [0.3, 0.4) is 0 Å². The summed E-state index contributed by atoms with van der Waals surface area (Å²) < 4.78 is 5.07. The van der Waals surface area contributed by atoms with Gasteiger partial charge in [0.2, 0.25) is 5.91 Å². The van der Waals surface area contributed by atoms with Crippen LogP contribution in [0.2, 0.25) is 0 Å². The molecule has 0 aliphatic heterocycles. The van der Waals surface area contributed by atoms with Crippen molar-refractivity contribution in [2.75, 3.05) is 7.11 Å². The number of carbonyl (C=O) groups is 1. The Morgan fingerprint density at radius 2 is 2.10 bits per heavy atom. The van der Waals surface area contributed by atoms with Crippen LogP contribution in [-0.2, 0) is 22.7 Å². The molecule has 0 aliphatic carbocycles. The molecule has 1 aromatic heterocycles. The molecular formula is C15H18N2O2S. The molecule has 2 aromatic rings. The highest BCUT2D eigenvalue weighted by Crippen LogP contribution is 2.16. The summed E-state index contributed by atoms with van der Waals surface area (Å²) in [4.78, 5) is 12.8. The molecule has 106 valence electrons. The van der Waals surface area contributed by atoms with Gasteiger partial charge in [0, 0.05) is 18.5 Å². The molecule has 3 N–H and O–H groups in total. The molecule has 5 heteroatoms. The van der Waals surface area contributed by atoms with Gasteiger partial charge < -0.3 is 10.5 Å². The van der Waals surface area contributed by atoms with Crippen LogP contribution in [0.5, 0.6) is 0 Å². The van der Waals surface area contributed by atoms with E-state index >= 15 is 0 Å². The van der Waals surface area contributed by atoms with Crippen LogP contribution in [0.25, 0.3) is 0 Å². The fourth-order valence-corrected chi connectivity index (χ4v) is 2.63. The first-order valence-electron chi connectivity index (χ1n) is 6.33. The van der Waals surface area contributed by atoms with Crippen LogP contribution in [-0.4, -0.2) is 13.0 Å². The van der Waals surface area contributed by atoms with Crippen LogP contribution in [0.1, 0.15) is 22.0 Å². The Hall–Kier alpha value is -1.69. The molecule has 4 nitrogen and oxygen atoms in total. The lowest BCUT2D eigenvalue weighted by atomic mass is 10.0. The van der Waals surface area contributed by atoms with Gasteiger partial charge in [-0.15, -0.1) is 11.3 Å². The quantitative estimate of drug-likeness (QED) is 0.821. The lowest BCUT2D eigenvalue weighted by Crippen LogP contribution is -2.33. The summed E-state index contributed by atoms with van der Waals surface area (Å²) in [5.74, 6) is -0.374. The minimum absolute atomic E-state index is 0.374. The number of hydrogen-bond donors (Lipinski definition) is 2. The largest absolute Gasteiger partial charge is 0.380 e. The summed E-state index contributed by atoms with van der Waals surface area (Å²) in [5.41, 5.74) is 7.42. The first kappa shape index (κ1) is 14.7. The molecule has 2 rings (SSSR count). The molecular weight excluding hydrogens is 272 g/mol. The van der Waals surface area contributed by atoms with Gasteiger partial charge in [0.1, 0.15) is 6.04 Å². The second-order valence-corrected chi connectivity index (χ2v) is 5.50. The highest BCUT2D eigenvalue weighted by molar-refractivity contribution is 7.09. The third-order valence-electron chi connectivity index (χ3n) is 2.97. The molecule has 1 atom stereocenters. The third-order valence-corrected chi connectivity index (χ3v) is 3.85. The molecule has 1 heterocycles. The zero-order chi connectivity index (χ0) is 14.4. The second kappa shape index (κ2) is 7.19. The number of nitrogens with one attached hydrogen (secondary N) is 1. The molecule has 1 unspecified atom stereocenters. The van der Waals surface area contributed by atoms with Crippen LogP contribution < -0.4 is 11.1 Å². The van der Waals surface area contributed by atoms with Gasteiger partial charge in [0.25, 0.3) is 0 Å². The van der Waals surface area contributed by atoms with Crippen molar-refractivity contribution in [2.24, 2.45) is 5.73 Å². The molecule has 1 aromatic carbocycles. The van der Waals surface area contributed by atoms with Crippen LogP contribution in [0, 0.1) is 0 Å². The number of benzene rings is 1. The van der Waals surface area contributed by atoms with Gasteiger partial charge >= 0.3 is 0 Å². The topological polar surface area (TPSA) is 64.3 Å². The normalized spacial score (nSPS) is 12.2. The summed E-state index contributed by atoms with van der Waals surface area (Å²) >= 11 is 1.65. The highest BCUT2D eigenvalue weighted by atomic mass is 32.1. The van der Waals surface area contributed by atoms with Gasteiger partial charge in [-0.1, -0.05) is 30.3 Å². The van der Waals surface area contributed by atoms with E-state index in [4.69, 9.17) is 10.5 Å². The van der Waals surface area contributed by atoms with E-state index in [2.05, 4.69) is 5.32 Å². The maximum atomic E-state index is 11.6. The van der Waals surface area contributed by atoms with Gasteiger partial charge in [-0.05, 0) is 22.6 Å². The van der Waals surface area contributed by atoms with Gasteiger partial charge in [0.05, 0.1) is 6.61 Å². The van der Waals surface area contributed by atoms with Crippen LogP contribution in [0.4, 0.5) is 0 Å². The van der Waals surface area contributed by atoms with Crippen molar-refractivity contribution >= 4 is 17.2 Å². The van der Waals surface area contributed by atoms with E-state index in [-0.39, 0.29) is 5.91 Å². The van der Waals surface area contributed by atoms with Crippen LogP contribution >= 0.6 is 11.3 Å². The SMILES string of the molecule is COCc1ccc(C(NCc2cccs2)C(N)=O)cc1. The van der Waals surface area contributed by atoms with Crippen molar-refractivity contribution in [1.29, 1.82) is 0 Å². The maximum Gasteiger partial charge on any atom is 0.239 e. The van der Waals surface area contributed by atoms with Gasteiger partial charge in [0.15, 0.2) is 0 Å². The summed E-state index contributed by atoms with van der Waals surface area (Å²) in [6.45, 7) is 1.19. The Morgan fingerprint density at radius 3 is 2.65 bits per heavy atom. The lowest BCUT2D eigenvalue weighted by molar-refractivity contribution is -0.120. The zero-order valence-electron chi connectivity index (χ0n) is 11.3. The molecule has 0 fully saturated rings. The first-order chi connectivity index (χ1) is 9.70. The van der Waals surface area contributed by atoms with E-state index < -0.39 is 6.04 Å². The number of primary amides is 1. The molecule has 20 heavy (non-hydrogen) atoms. The third kappa shape index (κ3) is 3.90. The van der Waals surface area contributed by atoms with Crippen molar-refractivity contribution < 1.29 is 9.53 Å². The molecule has 0 aliphatic rings. The summed E-state index contributed by atoms with van der Waals surface area (Å²) in [5, 5.41) is 5.20. The number of amides is 1. The average molecular weight is 290 g/mol. The fourth-order valence-electron chi connectivity index (χ4n) is 1.97. The molecule has 1 amide bonds. The van der Waals surface area contributed by atoms with Gasteiger partial charge in [-0.25, -0.2) is 0 Å². The molecule has 0 saturated carbocycles. The second-order valence-electron chi connectivity index (χ2n) is 4.47. The van der Waals surface area contributed by atoms with E-state index in [0.717, 1.165) is 11.1 Å². The standard InChI is InChI=1S/C15H18N2O2S/c1-19-10-11-4-6-12(7-5-11)14(15(16)18)17-9-13-3-2-8-20-13/h2-8,14,17H,9-10H2,1H3,(H2,16,18). The molecule has 0 bridgehead atoms. The van der Waals surface area contributed by atoms with E-state index in [0.29, 0.717) is 13.2 Å². The summed E-state index contributed by atoms with van der Waals surface area (Å²) in [6, 6.07) is 11.2. The fraction of sp³-hybridized carbons (Fsp3) is 0.267. The van der Waals surface area contributed by atoms with E-state index in [1.807, 2.05) is 41.8 Å². The maximum absolute atomic E-state index is 11.6. The number of nitrogens with two attached hydrogens (primary N) is 1. The van der Waals surface area contributed by atoms with Crippen molar-refractivity contribution in [3.05, 3.63) is 57.8 Å². The molecule has 0 radical (unpaired) electrons. The number of ether oxygens (including phenoxy) is 1. The number of methoxy groups -OCH3 is 1. The molecule has 0 saturated heterocycles. The summed E-state index contributed by atoms with van der Waals surface area (Å²) in [7, 11) is 1.66. The number of thiophene rings is 1. The number of rotatable bonds is 7. The first-order valence-corrected chi connectivity index (χ1v) is 7.21. The van der Waals surface area contributed by atoms with Crippen LogP contribution in [0.15, 0.2) is 41.8 Å². The summed E-state index contributed by atoms with van der Waals surface area (Å²) in [6.07, 6.45) is 0. The van der Waals surface area contributed by atoms with Crippen molar-refractivity contribution in [3.63, 3.8) is 0 Å². The predicted molar refractivity (Wildman–Crippen MR) is 80.2 cm³/mol. The van der Waals surface area contributed by atoms with E-state index in [1.54, 1.807) is 18.4 Å². The Kier molecular flexibility index (Phi) is 5.29. The smallest absolute Gasteiger partial charge is 0.239 e. The highest BCUT2D eigenvalue weighted by Gasteiger charge is 2.17. The lowest BCUT2D eigenvalue weighted by Gasteiger charge is -2.15. The number of hydrogen-bond acceptors (Lipinski definition) is 4. The Bertz CT molecular complexity index is 538. The zero-order valence-corrected chi connectivity index (χ0v) is 12.2. The number of carbonyl (C=O) groups excluding carboxylic acids is 1. The monoisotopic (exact) mass is 290 g/mol. The Morgan fingerprint density at radius 1 is 1.35 bits per heavy atom. The predicted octanol–water partition coefficient (Wildman–Crippen LogP) is 2.21. The minimum Gasteiger partial charge on any atom is -0.380 e. The Labute approximate surface area is 122 Å². The molecule has 0 spiro atoms. The van der Waals surface area contributed by atoms with Gasteiger partial charge in [-0.3, -0.25) is 10.1 Å². The minimum atomic E-state index is -0.478.